The zero-order chi connectivity index (χ0) is 11.2. The van der Waals surface area contributed by atoms with Gasteiger partial charge in [0.1, 0.15) is 0 Å². The summed E-state index contributed by atoms with van der Waals surface area (Å²) < 4.78 is 0. The molecule has 0 fully saturated rings. The average Bonchev–Trinajstić information content (AvgIpc) is 2.38. The van der Waals surface area contributed by atoms with Crippen molar-refractivity contribution in [3.8, 4) is 0 Å². The Morgan fingerprint density at radius 1 is 0.750 bits per heavy atom. The molecule has 0 heterocycles. The molecule has 80 valence electrons. The normalized spacial score (nSPS) is 10.8. The summed E-state index contributed by atoms with van der Waals surface area (Å²) in [4.78, 5) is 0. The van der Waals surface area contributed by atoms with Crippen molar-refractivity contribution in [3.05, 3.63) is 71.3 Å². The fourth-order valence-electron chi connectivity index (χ4n) is 1.47. The lowest BCUT2D eigenvalue weighted by atomic mass is 10.1. The second-order valence-electron chi connectivity index (χ2n) is 3.62. The molecule has 0 unspecified atom stereocenters. The van der Waals surface area contributed by atoms with Crippen LogP contribution in [0.2, 0.25) is 0 Å². The number of rotatable bonds is 3. The third-order valence-corrected chi connectivity index (χ3v) is 2.71. The van der Waals surface area contributed by atoms with Gasteiger partial charge < -0.3 is 0 Å². The summed E-state index contributed by atoms with van der Waals surface area (Å²) >= 11 is 5.73. The Labute approximate surface area is 101 Å². The first-order valence-electron chi connectivity index (χ1n) is 5.26. The van der Waals surface area contributed by atoms with Crippen LogP contribution < -0.4 is 0 Å². The van der Waals surface area contributed by atoms with Crippen LogP contribution in [0, 0.1) is 0 Å². The first kappa shape index (κ1) is 11.0. The monoisotopic (exact) mass is 228 g/mol. The highest BCUT2D eigenvalue weighted by Gasteiger charge is 1.90. The van der Waals surface area contributed by atoms with Gasteiger partial charge in [-0.25, -0.2) is 0 Å². The van der Waals surface area contributed by atoms with Crippen molar-refractivity contribution in [2.24, 2.45) is 0 Å². The Kier molecular flexibility index (Phi) is 3.79. The van der Waals surface area contributed by atoms with Crippen molar-refractivity contribution in [3.63, 3.8) is 0 Å². The first-order valence-corrected chi connectivity index (χ1v) is 5.80. The molecule has 1 heteroatoms. The molecule has 0 saturated heterocycles. The van der Waals surface area contributed by atoms with Gasteiger partial charge in [-0.2, -0.15) is 0 Å². The summed E-state index contributed by atoms with van der Waals surface area (Å²) in [7, 11) is 0. The number of halogens is 1. The van der Waals surface area contributed by atoms with Gasteiger partial charge in [0.25, 0.3) is 0 Å². The molecule has 2 aromatic rings. The van der Waals surface area contributed by atoms with Crippen LogP contribution >= 0.6 is 11.6 Å². The quantitative estimate of drug-likeness (QED) is 0.532. The molecule has 2 rings (SSSR count). The molecule has 0 aliphatic carbocycles. The zero-order valence-electron chi connectivity index (χ0n) is 8.94. The maximum Gasteiger partial charge on any atom is 0.0474 e. The Balaban J connectivity index is 2.12. The van der Waals surface area contributed by atoms with Gasteiger partial charge in [-0.1, -0.05) is 66.7 Å². The molecule has 0 atom stereocenters. The smallest absolute Gasteiger partial charge is 0.0474 e. The van der Waals surface area contributed by atoms with Crippen LogP contribution in [0.4, 0.5) is 0 Å². The van der Waals surface area contributed by atoms with Crippen molar-refractivity contribution < 1.29 is 0 Å². The van der Waals surface area contributed by atoms with Crippen LogP contribution in [-0.2, 0) is 5.88 Å². The lowest BCUT2D eigenvalue weighted by Crippen LogP contribution is -1.77. The van der Waals surface area contributed by atoms with Gasteiger partial charge in [0, 0.05) is 5.88 Å². The van der Waals surface area contributed by atoms with E-state index in [-0.39, 0.29) is 0 Å². The molecule has 0 N–H and O–H groups in total. The maximum atomic E-state index is 5.73. The standard InChI is InChI=1S/C15H13Cl/c16-12-15-10-8-14(9-11-15)7-6-13-4-2-1-3-5-13/h1-11H,12H2/b7-6-. The molecular formula is C15H13Cl. The van der Waals surface area contributed by atoms with E-state index in [0.29, 0.717) is 5.88 Å². The van der Waals surface area contributed by atoms with Crippen molar-refractivity contribution in [2.75, 3.05) is 0 Å². The van der Waals surface area contributed by atoms with Crippen molar-refractivity contribution >= 4 is 23.8 Å². The van der Waals surface area contributed by atoms with Crippen LogP contribution in [0.1, 0.15) is 16.7 Å². The molecule has 0 bridgehead atoms. The fraction of sp³-hybridized carbons (Fsp3) is 0.0667. The molecule has 0 spiro atoms. The molecule has 2 aromatic carbocycles. The SMILES string of the molecule is ClCc1ccc(/C=C\c2ccccc2)cc1. The first-order chi connectivity index (χ1) is 7.88. The Morgan fingerprint density at radius 3 is 1.88 bits per heavy atom. The van der Waals surface area contributed by atoms with Gasteiger partial charge in [-0.3, -0.25) is 0 Å². The van der Waals surface area contributed by atoms with Gasteiger partial charge >= 0.3 is 0 Å². The number of hydrogen-bond acceptors (Lipinski definition) is 0. The molecule has 0 saturated carbocycles. The fourth-order valence-corrected chi connectivity index (χ4v) is 1.65. The second-order valence-corrected chi connectivity index (χ2v) is 3.89. The lowest BCUT2D eigenvalue weighted by molar-refractivity contribution is 1.40. The Morgan fingerprint density at radius 2 is 1.31 bits per heavy atom. The summed E-state index contributed by atoms with van der Waals surface area (Å²) in [5, 5.41) is 0. The van der Waals surface area contributed by atoms with Crippen molar-refractivity contribution in [1.82, 2.24) is 0 Å². The van der Waals surface area contributed by atoms with Crippen LogP contribution in [-0.4, -0.2) is 0 Å². The second kappa shape index (κ2) is 5.53. The Bertz CT molecular complexity index is 455. The van der Waals surface area contributed by atoms with E-state index >= 15 is 0 Å². The van der Waals surface area contributed by atoms with E-state index < -0.39 is 0 Å². The minimum Gasteiger partial charge on any atom is -0.122 e. The van der Waals surface area contributed by atoms with Crippen LogP contribution in [0.5, 0.6) is 0 Å². The Hall–Kier alpha value is -1.53. The lowest BCUT2D eigenvalue weighted by Gasteiger charge is -1.96. The number of hydrogen-bond donors (Lipinski definition) is 0. The summed E-state index contributed by atoms with van der Waals surface area (Å²) in [6.07, 6.45) is 4.21. The number of alkyl halides is 1. The highest BCUT2D eigenvalue weighted by molar-refractivity contribution is 6.17. The average molecular weight is 229 g/mol. The summed E-state index contributed by atoms with van der Waals surface area (Å²) in [5.41, 5.74) is 3.56. The molecule has 0 amide bonds. The van der Waals surface area contributed by atoms with Gasteiger partial charge in [-0.05, 0) is 16.7 Å². The molecule has 16 heavy (non-hydrogen) atoms. The molecule has 0 radical (unpaired) electrons. The van der Waals surface area contributed by atoms with E-state index in [4.69, 9.17) is 11.6 Å². The predicted molar refractivity (Wildman–Crippen MR) is 71.4 cm³/mol. The summed E-state index contributed by atoms with van der Waals surface area (Å²) in [6.45, 7) is 0. The maximum absolute atomic E-state index is 5.73. The molecule has 0 nitrogen and oxygen atoms in total. The minimum absolute atomic E-state index is 0.572. The van der Waals surface area contributed by atoms with E-state index in [9.17, 15) is 0 Å². The third kappa shape index (κ3) is 2.98. The number of benzene rings is 2. The van der Waals surface area contributed by atoms with Crippen molar-refractivity contribution in [1.29, 1.82) is 0 Å². The highest BCUT2D eigenvalue weighted by Crippen LogP contribution is 2.10. The topological polar surface area (TPSA) is 0 Å². The summed E-state index contributed by atoms with van der Waals surface area (Å²) in [6, 6.07) is 18.5. The predicted octanol–water partition coefficient (Wildman–Crippen LogP) is 4.60. The van der Waals surface area contributed by atoms with Crippen LogP contribution in [0.15, 0.2) is 54.6 Å². The van der Waals surface area contributed by atoms with Crippen LogP contribution in [0.25, 0.3) is 12.2 Å². The van der Waals surface area contributed by atoms with E-state index in [1.54, 1.807) is 0 Å². The summed E-state index contributed by atoms with van der Waals surface area (Å²) in [5.74, 6) is 0.572. The molecule has 0 aliphatic rings. The minimum atomic E-state index is 0.572. The van der Waals surface area contributed by atoms with E-state index in [1.165, 1.54) is 11.1 Å². The van der Waals surface area contributed by atoms with E-state index in [2.05, 4.69) is 48.6 Å². The zero-order valence-corrected chi connectivity index (χ0v) is 9.69. The van der Waals surface area contributed by atoms with Crippen molar-refractivity contribution in [2.45, 2.75) is 5.88 Å². The van der Waals surface area contributed by atoms with E-state index in [1.807, 2.05) is 18.2 Å². The van der Waals surface area contributed by atoms with Gasteiger partial charge in [0.05, 0.1) is 0 Å². The van der Waals surface area contributed by atoms with E-state index in [0.717, 1.165) is 5.56 Å². The third-order valence-electron chi connectivity index (χ3n) is 2.40. The largest absolute Gasteiger partial charge is 0.122 e. The van der Waals surface area contributed by atoms with Gasteiger partial charge in [-0.15, -0.1) is 11.6 Å². The van der Waals surface area contributed by atoms with Crippen LogP contribution in [0.3, 0.4) is 0 Å². The molecule has 0 aliphatic heterocycles. The molecular weight excluding hydrogens is 216 g/mol. The van der Waals surface area contributed by atoms with Gasteiger partial charge in [0.15, 0.2) is 0 Å². The highest BCUT2D eigenvalue weighted by atomic mass is 35.5. The molecule has 0 aromatic heterocycles. The van der Waals surface area contributed by atoms with Gasteiger partial charge in [0.2, 0.25) is 0 Å².